The van der Waals surface area contributed by atoms with E-state index in [-0.39, 0.29) is 112 Å². The van der Waals surface area contributed by atoms with Gasteiger partial charge in [0.15, 0.2) is 25.0 Å². The van der Waals surface area contributed by atoms with Gasteiger partial charge in [-0.25, -0.2) is 0 Å². The van der Waals surface area contributed by atoms with E-state index in [4.69, 9.17) is 52.1 Å². The second-order valence-electron chi connectivity index (χ2n) is 34.0. The zero-order valence-corrected chi connectivity index (χ0v) is 65.5. The summed E-state index contributed by atoms with van der Waals surface area (Å²) in [5, 5.41) is 135. The third-order valence-corrected chi connectivity index (χ3v) is 25.9. The Hall–Kier alpha value is -4.61. The van der Waals surface area contributed by atoms with Crippen molar-refractivity contribution in [3.8, 4) is 0 Å². The van der Waals surface area contributed by atoms with Crippen LogP contribution in [0.4, 0.5) is 0 Å². The number of ether oxygens (including phenoxy) is 11. The molecule has 0 spiro atoms. The zero-order chi connectivity index (χ0) is 80.8. The number of carbonyl (C=O) groups excluding carboxylic acids is 7. The van der Waals surface area contributed by atoms with Crippen LogP contribution in [0, 0.1) is 50.2 Å². The first kappa shape index (κ1) is 89.3. The van der Waals surface area contributed by atoms with Gasteiger partial charge in [-0.15, -0.1) is 0 Å². The lowest BCUT2D eigenvalue weighted by Crippen LogP contribution is -2.69. The molecule has 29 atom stereocenters. The van der Waals surface area contributed by atoms with Gasteiger partial charge in [0.2, 0.25) is 35.8 Å². The Balaban J connectivity index is 0.743. The number of carbonyl (C=O) groups is 7. The van der Waals surface area contributed by atoms with Crippen LogP contribution in [0.2, 0.25) is 0 Å². The van der Waals surface area contributed by atoms with E-state index >= 15 is 4.79 Å². The molecule has 5 aliphatic carbocycles. The number of unbranched alkanes of at least 4 members (excludes halogenated alkanes) is 2. The number of aliphatic hydroxyl groups is 11. The van der Waals surface area contributed by atoms with Crippen LogP contribution in [0.1, 0.15) is 166 Å². The lowest BCUT2D eigenvalue weighted by molar-refractivity contribution is -0.370. The molecule has 628 valence electrons. The van der Waals surface area contributed by atoms with Gasteiger partial charge in [-0.1, -0.05) is 66.5 Å². The molecule has 9 rings (SSSR count). The highest BCUT2D eigenvalue weighted by Gasteiger charge is 2.72. The smallest absolute Gasteiger partial charge is 0.317 e. The fourth-order valence-corrected chi connectivity index (χ4v) is 19.5. The average molecular weight is 1570 g/mol. The lowest BCUT2D eigenvalue weighted by Gasteiger charge is -2.71. The largest absolute Gasteiger partial charge is 0.432 e. The Morgan fingerprint density at radius 3 is 1.94 bits per heavy atom. The van der Waals surface area contributed by atoms with Crippen LogP contribution >= 0.6 is 0 Å². The SMILES string of the molecule is CC(=O)N[C@H]1[C@@H](O[C@H](C)[C@H](NC(C)=O)C(=O)NCCOCCOCCOCCC(=O)NCCCCCC(=O)N[C@@H]2[C@H](O)[C@@H](O[C@@H]3O[C@@H](C)[C@H](O[C@@H]4OC[C@@H](O)[C@H](O)[C@H]4O)[C@@H](O)[C@H]3O)[C@H](OC(=O)[C@]34CCC(C)(C)C[C@H]3C3=CC[C@@H]5[C@@]6(C)CCC(=O)C(C)(C)[C@@H]6CC[C@@]5(C)[C@]3(C)C[C@H]4O)O[C@@H]2CO)O[C@H](CO)[C@H](O)[C@@H]1O. The molecule has 0 aromatic heterocycles. The van der Waals surface area contributed by atoms with Crippen molar-refractivity contribution < 1.29 is 142 Å². The van der Waals surface area contributed by atoms with Crippen molar-refractivity contribution in [1.82, 2.24) is 26.6 Å². The van der Waals surface area contributed by atoms with Gasteiger partial charge in [-0.3, -0.25) is 33.6 Å². The van der Waals surface area contributed by atoms with Crippen molar-refractivity contribution in [2.75, 3.05) is 72.6 Å². The zero-order valence-electron chi connectivity index (χ0n) is 65.5. The highest BCUT2D eigenvalue weighted by molar-refractivity contribution is 5.87. The summed E-state index contributed by atoms with van der Waals surface area (Å²) in [6.45, 7) is 20.0. The van der Waals surface area contributed by atoms with E-state index in [1.807, 2.05) is 0 Å². The number of hydrogen-bond donors (Lipinski definition) is 16. The number of aliphatic hydroxyl groups excluding tert-OH is 11. The molecule has 4 saturated carbocycles. The van der Waals surface area contributed by atoms with E-state index in [1.54, 1.807) is 0 Å². The van der Waals surface area contributed by atoms with E-state index in [0.29, 0.717) is 44.3 Å². The Morgan fingerprint density at radius 2 is 1.26 bits per heavy atom. The summed E-state index contributed by atoms with van der Waals surface area (Å²) in [5.74, 6) is -3.33. The van der Waals surface area contributed by atoms with E-state index in [0.717, 1.165) is 31.3 Å². The molecule has 110 heavy (non-hydrogen) atoms. The van der Waals surface area contributed by atoms with Crippen LogP contribution in [-0.4, -0.2) is 305 Å². The fraction of sp³-hybridized carbons (Fsp3) is 0.882. The van der Waals surface area contributed by atoms with Gasteiger partial charge in [0, 0.05) is 51.6 Å². The van der Waals surface area contributed by atoms with Gasteiger partial charge < -0.3 is 135 Å². The summed E-state index contributed by atoms with van der Waals surface area (Å²) in [5.41, 5.74) is -2.30. The van der Waals surface area contributed by atoms with Gasteiger partial charge in [0.05, 0.1) is 83.8 Å². The number of amides is 5. The maximum atomic E-state index is 15.8. The van der Waals surface area contributed by atoms with E-state index < -0.39 is 206 Å². The molecule has 0 bridgehead atoms. The number of Topliss-reactive ketones (excluding diaryl/α,β-unsaturated/α-hetero) is 1. The predicted octanol–water partition coefficient (Wildman–Crippen LogP) is -1.80. The third-order valence-electron chi connectivity index (χ3n) is 25.9. The maximum Gasteiger partial charge on any atom is 0.317 e. The monoisotopic (exact) mass is 1570 g/mol. The molecular formula is C76H125N5O29. The molecule has 34 heteroatoms. The van der Waals surface area contributed by atoms with E-state index in [2.05, 4.69) is 81.1 Å². The summed E-state index contributed by atoms with van der Waals surface area (Å²) in [4.78, 5) is 92.9. The Bertz CT molecular complexity index is 3170. The maximum absolute atomic E-state index is 15.8. The molecule has 4 aliphatic heterocycles. The Kier molecular flexibility index (Phi) is 30.5. The lowest BCUT2D eigenvalue weighted by atomic mass is 9.33. The molecule has 16 N–H and O–H groups in total. The quantitative estimate of drug-likeness (QED) is 0.0196. The summed E-state index contributed by atoms with van der Waals surface area (Å²) in [6.07, 6.45) is -21.2. The second-order valence-corrected chi connectivity index (χ2v) is 34.0. The van der Waals surface area contributed by atoms with Gasteiger partial charge in [0.1, 0.15) is 90.4 Å². The molecule has 4 heterocycles. The average Bonchev–Trinajstić information content (AvgIpc) is 0.671. The minimum absolute atomic E-state index is 0.0324. The third kappa shape index (κ3) is 19.2. The molecule has 5 amide bonds. The van der Waals surface area contributed by atoms with Crippen LogP contribution in [0.5, 0.6) is 0 Å². The number of nitrogens with one attached hydrogen (secondary N) is 5. The first-order valence-electron chi connectivity index (χ1n) is 39.3. The molecule has 34 nitrogen and oxygen atoms in total. The number of ketones is 1. The van der Waals surface area contributed by atoms with Crippen LogP contribution in [0.15, 0.2) is 11.6 Å². The second kappa shape index (κ2) is 37.5. The van der Waals surface area contributed by atoms with Crippen molar-refractivity contribution in [3.05, 3.63) is 11.6 Å². The van der Waals surface area contributed by atoms with Crippen molar-refractivity contribution in [3.63, 3.8) is 0 Å². The first-order chi connectivity index (χ1) is 51.8. The van der Waals surface area contributed by atoms with Gasteiger partial charge in [-0.2, -0.15) is 0 Å². The minimum atomic E-state index is -1.99. The number of rotatable bonds is 33. The molecule has 4 saturated heterocycles. The molecule has 0 aromatic carbocycles. The summed E-state index contributed by atoms with van der Waals surface area (Å²) >= 11 is 0. The van der Waals surface area contributed by atoms with Crippen molar-refractivity contribution >= 4 is 41.3 Å². The molecule has 8 fully saturated rings. The fourth-order valence-electron chi connectivity index (χ4n) is 19.5. The minimum Gasteiger partial charge on any atom is -0.432 e. The predicted molar refractivity (Wildman–Crippen MR) is 384 cm³/mol. The highest BCUT2D eigenvalue weighted by atomic mass is 16.8. The Labute approximate surface area is 642 Å². The molecule has 0 unspecified atom stereocenters. The molecule has 9 aliphatic rings. The van der Waals surface area contributed by atoms with Crippen molar-refractivity contribution in [2.24, 2.45) is 50.2 Å². The number of hydrogen-bond acceptors (Lipinski definition) is 29. The van der Waals surface area contributed by atoms with Gasteiger partial charge in [-0.05, 0) is 117 Å². The van der Waals surface area contributed by atoms with E-state index in [1.165, 1.54) is 27.7 Å². The van der Waals surface area contributed by atoms with Crippen LogP contribution in [0.3, 0.4) is 0 Å². The number of allylic oxidation sites excluding steroid dienone is 2. The highest BCUT2D eigenvalue weighted by Crippen LogP contribution is 2.76. The number of fused-ring (bicyclic) bond motifs is 7. The standard InChI is InChI=1S/C76H125N5O29/c1-38(104-66-55(80-41(4)85)58(93)57(92)46(36-83)107-66)53(79-40(3)84)65(98)78-26-28-101-30-32-102-31-29-100-27-20-51(89)77-25-14-12-13-15-52(90)81-54-45(35-82)106-69(64(59(54)94)109-68-62(97)60(95)63(39(2)105-68)108-67-61(96)56(91)44(86)37-103-67)110-70(99)76-24-23-71(5,6)33-43(76)42-16-17-48-73(9)21-19-49(87)72(7,8)47(73)18-22-74(48,10)75(42,11)34-50(76)88/h16,38-39,43-48,50,53-64,66-69,82-83,86,88,91-97H,12-15,17-37H2,1-11H3,(H,77,89)(H,78,98)(H,79,84)(H,80,85)(H,81,90)/t38-,39+,43+,44-,45-,46-,47+,48-,50-,53+,54+,55-,56+,57+,58-,59+,60+,61-,62-,63+,64-,66+,67+,68+,69+,73+,74-,75-,76-/m1/s1. The van der Waals surface area contributed by atoms with Crippen LogP contribution < -0.4 is 26.6 Å². The molecular weight excluding hydrogens is 1450 g/mol. The van der Waals surface area contributed by atoms with Gasteiger partial charge in [0.25, 0.3) is 0 Å². The normalized spacial score (nSPS) is 40.6. The van der Waals surface area contributed by atoms with Gasteiger partial charge >= 0.3 is 5.97 Å². The topological polar surface area (TPSA) is 504 Å². The summed E-state index contributed by atoms with van der Waals surface area (Å²) < 4.78 is 64.7. The Morgan fingerprint density at radius 1 is 0.609 bits per heavy atom. The van der Waals surface area contributed by atoms with Crippen LogP contribution in [-0.2, 0) is 85.7 Å². The van der Waals surface area contributed by atoms with Crippen LogP contribution in [0.25, 0.3) is 0 Å². The van der Waals surface area contributed by atoms with Crippen molar-refractivity contribution in [1.29, 1.82) is 0 Å². The molecule has 0 aromatic rings. The molecule has 0 radical (unpaired) electrons. The first-order valence-corrected chi connectivity index (χ1v) is 39.3. The summed E-state index contributed by atoms with van der Waals surface area (Å²) in [7, 11) is 0. The van der Waals surface area contributed by atoms with E-state index in [9.17, 15) is 84.9 Å². The number of esters is 1. The summed E-state index contributed by atoms with van der Waals surface area (Å²) in [6, 6.07) is -3.98. The van der Waals surface area contributed by atoms with Crippen molar-refractivity contribution in [2.45, 2.75) is 301 Å².